The van der Waals surface area contributed by atoms with E-state index in [1.165, 1.54) is 19.3 Å². The van der Waals surface area contributed by atoms with Crippen molar-refractivity contribution in [2.24, 2.45) is 11.8 Å². The molecule has 1 aliphatic rings. The molecule has 1 unspecified atom stereocenters. The number of halogens is 1. The summed E-state index contributed by atoms with van der Waals surface area (Å²) in [5.74, 6) is 2.72. The average Bonchev–Trinajstić information content (AvgIpc) is 3.00. The van der Waals surface area contributed by atoms with Crippen LogP contribution in [0, 0.1) is 11.8 Å². The summed E-state index contributed by atoms with van der Waals surface area (Å²) in [5.41, 5.74) is 0. The van der Waals surface area contributed by atoms with Crippen molar-refractivity contribution in [1.82, 2.24) is 20.4 Å². The summed E-state index contributed by atoms with van der Waals surface area (Å²) in [6, 6.07) is 0. The van der Waals surface area contributed by atoms with Crippen molar-refractivity contribution in [1.29, 1.82) is 0 Å². The Morgan fingerprint density at radius 2 is 2.00 bits per heavy atom. The number of hydrogen-bond donors (Lipinski definition) is 1. The maximum Gasteiger partial charge on any atom is 0.240 e. The van der Waals surface area contributed by atoms with Gasteiger partial charge in [-0.15, -0.1) is 12.4 Å². The molecule has 0 radical (unpaired) electrons. The third-order valence-electron chi connectivity index (χ3n) is 4.40. The monoisotopic (exact) mass is 360 g/mol. The predicted octanol–water partition coefficient (Wildman–Crippen LogP) is 3.05. The average molecular weight is 361 g/mol. The molecule has 0 amide bonds. The Bertz CT molecular complexity index is 448. The second-order valence-corrected chi connectivity index (χ2v) is 7.03. The van der Waals surface area contributed by atoms with Crippen LogP contribution in [0.1, 0.15) is 57.9 Å². The molecule has 2 heterocycles. The van der Waals surface area contributed by atoms with Crippen LogP contribution in [0.4, 0.5) is 0 Å². The first-order chi connectivity index (χ1) is 11.1. The van der Waals surface area contributed by atoms with Gasteiger partial charge in [0, 0.05) is 6.61 Å². The molecule has 0 spiro atoms. The highest BCUT2D eigenvalue weighted by molar-refractivity contribution is 5.85. The molecule has 1 saturated heterocycles. The zero-order valence-electron chi connectivity index (χ0n) is 15.5. The lowest BCUT2D eigenvalue weighted by Crippen LogP contribution is -2.34. The Morgan fingerprint density at radius 3 is 2.62 bits per heavy atom. The summed E-state index contributed by atoms with van der Waals surface area (Å²) >= 11 is 0. The van der Waals surface area contributed by atoms with Crippen LogP contribution in [0.3, 0.4) is 0 Å². The summed E-state index contributed by atoms with van der Waals surface area (Å²) in [5, 5.41) is 7.31. The molecule has 0 aromatic carbocycles. The lowest BCUT2D eigenvalue weighted by molar-refractivity contribution is 0.0402. The van der Waals surface area contributed by atoms with Gasteiger partial charge in [-0.25, -0.2) is 0 Å². The van der Waals surface area contributed by atoms with E-state index in [0.29, 0.717) is 24.2 Å². The number of rotatable bonds is 9. The van der Waals surface area contributed by atoms with Gasteiger partial charge in [0.2, 0.25) is 5.89 Å². The van der Waals surface area contributed by atoms with E-state index in [1.807, 2.05) is 14.0 Å². The number of hydrogen-bond acceptors (Lipinski definition) is 6. The normalized spacial score (nSPS) is 17.9. The SMILES string of the molecule is CNCCC1CCN(Cc2nc(C(C)OCC(C)C)no2)CC1.Cl. The fraction of sp³-hybridized carbons (Fsp3) is 0.882. The van der Waals surface area contributed by atoms with E-state index in [4.69, 9.17) is 9.26 Å². The molecule has 1 N–H and O–H groups in total. The summed E-state index contributed by atoms with van der Waals surface area (Å²) in [6.45, 7) is 11.1. The Labute approximate surface area is 152 Å². The van der Waals surface area contributed by atoms with E-state index < -0.39 is 0 Å². The van der Waals surface area contributed by atoms with Gasteiger partial charge in [-0.05, 0) is 64.7 Å². The van der Waals surface area contributed by atoms with E-state index >= 15 is 0 Å². The van der Waals surface area contributed by atoms with Gasteiger partial charge in [0.1, 0.15) is 6.10 Å². The first-order valence-corrected chi connectivity index (χ1v) is 8.89. The quantitative estimate of drug-likeness (QED) is 0.730. The van der Waals surface area contributed by atoms with Crippen molar-refractivity contribution in [3.05, 3.63) is 11.7 Å². The molecule has 1 atom stereocenters. The molecule has 7 heteroatoms. The lowest BCUT2D eigenvalue weighted by atomic mass is 9.93. The van der Waals surface area contributed by atoms with Gasteiger partial charge in [-0.1, -0.05) is 19.0 Å². The highest BCUT2D eigenvalue weighted by Gasteiger charge is 2.21. The Hall–Kier alpha value is -0.690. The van der Waals surface area contributed by atoms with Crippen LogP contribution >= 0.6 is 12.4 Å². The molecule has 1 aromatic heterocycles. The fourth-order valence-electron chi connectivity index (χ4n) is 2.88. The van der Waals surface area contributed by atoms with Crippen LogP contribution in [0.15, 0.2) is 4.52 Å². The molecule has 0 saturated carbocycles. The Balaban J connectivity index is 0.00000288. The molecular weight excluding hydrogens is 328 g/mol. The molecule has 0 aliphatic carbocycles. The number of piperidine rings is 1. The minimum Gasteiger partial charge on any atom is -0.370 e. The number of aromatic nitrogens is 2. The van der Waals surface area contributed by atoms with E-state index in [0.717, 1.165) is 32.1 Å². The number of ether oxygens (including phenoxy) is 1. The minimum atomic E-state index is -0.109. The number of likely N-dealkylation sites (tertiary alicyclic amines) is 1. The fourth-order valence-corrected chi connectivity index (χ4v) is 2.88. The van der Waals surface area contributed by atoms with Crippen LogP contribution in [0.25, 0.3) is 0 Å². The molecule has 140 valence electrons. The number of nitrogens with one attached hydrogen (secondary N) is 1. The summed E-state index contributed by atoms with van der Waals surface area (Å²) in [7, 11) is 2.02. The highest BCUT2D eigenvalue weighted by Crippen LogP contribution is 2.21. The van der Waals surface area contributed by atoms with Gasteiger partial charge in [0.05, 0.1) is 6.54 Å². The molecule has 1 fully saturated rings. The van der Waals surface area contributed by atoms with Crippen LogP contribution in [-0.2, 0) is 11.3 Å². The van der Waals surface area contributed by atoms with Crippen LogP contribution in [0.2, 0.25) is 0 Å². The molecule has 1 aliphatic heterocycles. The van der Waals surface area contributed by atoms with Crippen molar-refractivity contribution in [2.75, 3.05) is 33.3 Å². The molecule has 6 nitrogen and oxygen atoms in total. The molecule has 0 bridgehead atoms. The second kappa shape index (κ2) is 11.0. The first kappa shape index (κ1) is 21.4. The zero-order chi connectivity index (χ0) is 16.7. The summed E-state index contributed by atoms with van der Waals surface area (Å²) < 4.78 is 11.1. The van der Waals surface area contributed by atoms with Gasteiger partial charge >= 0.3 is 0 Å². The van der Waals surface area contributed by atoms with Crippen molar-refractivity contribution < 1.29 is 9.26 Å². The van der Waals surface area contributed by atoms with Gasteiger partial charge < -0.3 is 14.6 Å². The van der Waals surface area contributed by atoms with Gasteiger partial charge in [0.15, 0.2) is 5.82 Å². The standard InChI is InChI=1S/C17H32N4O2.ClH/c1-13(2)12-22-14(3)17-19-16(23-20-17)11-21-9-6-15(7-10-21)5-8-18-4;/h13-15,18H,5-12H2,1-4H3;1H. The van der Waals surface area contributed by atoms with E-state index in [2.05, 4.69) is 34.2 Å². The van der Waals surface area contributed by atoms with Crippen LogP contribution < -0.4 is 5.32 Å². The minimum absolute atomic E-state index is 0. The third-order valence-corrected chi connectivity index (χ3v) is 4.40. The molecule has 2 rings (SSSR count). The zero-order valence-corrected chi connectivity index (χ0v) is 16.3. The van der Waals surface area contributed by atoms with Crippen LogP contribution in [-0.4, -0.2) is 48.3 Å². The van der Waals surface area contributed by atoms with Gasteiger partial charge in [0.25, 0.3) is 0 Å². The number of nitrogens with zero attached hydrogens (tertiary/aromatic N) is 3. The summed E-state index contributed by atoms with van der Waals surface area (Å²) in [4.78, 5) is 6.91. The summed E-state index contributed by atoms with van der Waals surface area (Å²) in [6.07, 6.45) is 3.69. The lowest BCUT2D eigenvalue weighted by Gasteiger charge is -2.30. The van der Waals surface area contributed by atoms with Crippen LogP contribution in [0.5, 0.6) is 0 Å². The topological polar surface area (TPSA) is 63.4 Å². The highest BCUT2D eigenvalue weighted by atomic mass is 35.5. The molecular formula is C17H33ClN4O2. The molecule has 24 heavy (non-hydrogen) atoms. The van der Waals surface area contributed by atoms with Crippen molar-refractivity contribution >= 4 is 12.4 Å². The largest absolute Gasteiger partial charge is 0.370 e. The second-order valence-electron chi connectivity index (χ2n) is 7.03. The van der Waals surface area contributed by atoms with Gasteiger partial charge in [-0.3, -0.25) is 4.90 Å². The maximum atomic E-state index is 5.74. The Kier molecular flexibility index (Phi) is 9.81. The first-order valence-electron chi connectivity index (χ1n) is 8.89. The molecule has 1 aromatic rings. The smallest absolute Gasteiger partial charge is 0.240 e. The van der Waals surface area contributed by atoms with Crippen molar-refractivity contribution in [3.8, 4) is 0 Å². The van der Waals surface area contributed by atoms with E-state index in [1.54, 1.807) is 0 Å². The maximum absolute atomic E-state index is 5.74. The van der Waals surface area contributed by atoms with E-state index in [-0.39, 0.29) is 18.5 Å². The third kappa shape index (κ3) is 7.05. The Morgan fingerprint density at radius 1 is 1.29 bits per heavy atom. The van der Waals surface area contributed by atoms with Crippen molar-refractivity contribution in [2.45, 2.75) is 52.7 Å². The van der Waals surface area contributed by atoms with Gasteiger partial charge in [-0.2, -0.15) is 4.98 Å². The van der Waals surface area contributed by atoms with Crippen molar-refractivity contribution in [3.63, 3.8) is 0 Å². The van der Waals surface area contributed by atoms with E-state index in [9.17, 15) is 0 Å². The predicted molar refractivity (Wildman–Crippen MR) is 97.3 cm³/mol.